The molecule has 1 aromatic rings. The first-order valence-corrected chi connectivity index (χ1v) is 5.27. The van der Waals surface area contributed by atoms with Gasteiger partial charge in [-0.15, -0.1) is 0 Å². The molecule has 0 saturated heterocycles. The molecule has 0 bridgehead atoms. The number of carbonyl (C=O) groups is 2. The topological polar surface area (TPSA) is 97.1 Å². The number of carbonyl (C=O) groups excluding carboxylic acids is 2. The van der Waals surface area contributed by atoms with Gasteiger partial charge in [-0.3, -0.25) is 20.4 Å². The Morgan fingerprint density at radius 2 is 1.88 bits per heavy atom. The van der Waals surface area contributed by atoms with Crippen LogP contribution in [0.4, 0.5) is 4.79 Å². The summed E-state index contributed by atoms with van der Waals surface area (Å²) in [6, 6.07) is 2.34. The Bertz CT molecular complexity index is 394. The third-order valence-electron chi connectivity index (χ3n) is 2.35. The number of imide groups is 1. The highest BCUT2D eigenvalue weighted by molar-refractivity contribution is 5.96. The van der Waals surface area contributed by atoms with E-state index in [0.29, 0.717) is 0 Å². The molecule has 6 heteroatoms. The highest BCUT2D eigenvalue weighted by atomic mass is 16.2. The average Bonchev–Trinajstić information content (AvgIpc) is 2.29. The number of rotatable bonds is 4. The molecule has 1 aromatic heterocycles. The van der Waals surface area contributed by atoms with Crippen LogP contribution in [-0.2, 0) is 4.79 Å². The van der Waals surface area contributed by atoms with E-state index in [1.54, 1.807) is 19.3 Å². The van der Waals surface area contributed by atoms with Gasteiger partial charge in [0, 0.05) is 18.4 Å². The first kappa shape index (κ1) is 13.1. The number of nitrogens with two attached hydrogens (primary N) is 1. The minimum atomic E-state index is -0.847. The van der Waals surface area contributed by atoms with Crippen molar-refractivity contribution in [1.82, 2.24) is 15.6 Å². The number of hydrogen-bond acceptors (Lipinski definition) is 4. The SMILES string of the molecule is CC(N[C@H](C)c1ccncc1)C(=O)NC(N)=O. The molecule has 3 amide bonds. The molecule has 1 heterocycles. The van der Waals surface area contributed by atoms with E-state index in [9.17, 15) is 9.59 Å². The van der Waals surface area contributed by atoms with Crippen LogP contribution < -0.4 is 16.4 Å². The summed E-state index contributed by atoms with van der Waals surface area (Å²) in [6.45, 7) is 3.58. The van der Waals surface area contributed by atoms with Gasteiger partial charge in [-0.1, -0.05) is 0 Å². The van der Waals surface area contributed by atoms with Crippen LogP contribution in [0.5, 0.6) is 0 Å². The molecule has 0 spiro atoms. The average molecular weight is 236 g/mol. The van der Waals surface area contributed by atoms with E-state index in [0.717, 1.165) is 5.56 Å². The van der Waals surface area contributed by atoms with Crippen LogP contribution in [0.1, 0.15) is 25.5 Å². The summed E-state index contributed by atoms with van der Waals surface area (Å²) in [5.74, 6) is -0.446. The molecule has 2 atom stereocenters. The van der Waals surface area contributed by atoms with E-state index in [2.05, 4.69) is 10.3 Å². The van der Waals surface area contributed by atoms with Crippen LogP contribution in [-0.4, -0.2) is 23.0 Å². The smallest absolute Gasteiger partial charge is 0.318 e. The van der Waals surface area contributed by atoms with Gasteiger partial charge in [-0.05, 0) is 31.5 Å². The lowest BCUT2D eigenvalue weighted by Crippen LogP contribution is -2.47. The fraction of sp³-hybridized carbons (Fsp3) is 0.364. The summed E-state index contributed by atoms with van der Waals surface area (Å²) in [5.41, 5.74) is 5.88. The first-order chi connectivity index (χ1) is 8.00. The number of aromatic nitrogens is 1. The minimum Gasteiger partial charge on any atom is -0.351 e. The van der Waals surface area contributed by atoms with Gasteiger partial charge >= 0.3 is 6.03 Å². The monoisotopic (exact) mass is 236 g/mol. The number of urea groups is 1. The molecule has 0 aromatic carbocycles. The molecule has 17 heavy (non-hydrogen) atoms. The molecule has 0 aliphatic heterocycles. The lowest BCUT2D eigenvalue weighted by Gasteiger charge is -2.19. The van der Waals surface area contributed by atoms with Crippen LogP contribution in [0.15, 0.2) is 24.5 Å². The van der Waals surface area contributed by atoms with Gasteiger partial charge in [0.25, 0.3) is 0 Å². The van der Waals surface area contributed by atoms with E-state index in [4.69, 9.17) is 5.73 Å². The summed E-state index contributed by atoms with van der Waals surface area (Å²) in [6.07, 6.45) is 3.36. The fourth-order valence-corrected chi connectivity index (χ4v) is 1.43. The summed E-state index contributed by atoms with van der Waals surface area (Å²) in [7, 11) is 0. The lowest BCUT2D eigenvalue weighted by atomic mass is 10.1. The molecule has 92 valence electrons. The highest BCUT2D eigenvalue weighted by Gasteiger charge is 2.17. The molecule has 1 unspecified atom stereocenters. The van der Waals surface area contributed by atoms with Gasteiger partial charge in [-0.2, -0.15) is 0 Å². The highest BCUT2D eigenvalue weighted by Crippen LogP contribution is 2.10. The Kier molecular flexibility index (Phi) is 4.59. The van der Waals surface area contributed by atoms with E-state index >= 15 is 0 Å². The zero-order valence-corrected chi connectivity index (χ0v) is 9.81. The van der Waals surface area contributed by atoms with Crippen molar-refractivity contribution in [1.29, 1.82) is 0 Å². The zero-order valence-electron chi connectivity index (χ0n) is 9.81. The number of primary amides is 1. The van der Waals surface area contributed by atoms with Gasteiger partial charge in [0.2, 0.25) is 5.91 Å². The van der Waals surface area contributed by atoms with Crippen LogP contribution in [0.2, 0.25) is 0 Å². The standard InChI is InChI=1S/C11H16N4O2/c1-7(9-3-5-13-6-4-9)14-8(2)10(16)15-11(12)17/h3-8,14H,1-2H3,(H3,12,15,16,17)/t7-,8?/m1/s1. The van der Waals surface area contributed by atoms with Gasteiger partial charge in [-0.25, -0.2) is 4.79 Å². The van der Waals surface area contributed by atoms with E-state index in [1.807, 2.05) is 24.4 Å². The van der Waals surface area contributed by atoms with Crippen LogP contribution in [0.25, 0.3) is 0 Å². The predicted molar refractivity (Wildman–Crippen MR) is 63.0 cm³/mol. The second-order valence-electron chi connectivity index (χ2n) is 3.74. The number of nitrogens with one attached hydrogen (secondary N) is 2. The summed E-state index contributed by atoms with van der Waals surface area (Å²) < 4.78 is 0. The van der Waals surface area contributed by atoms with Crippen molar-refractivity contribution in [3.63, 3.8) is 0 Å². The summed E-state index contributed by atoms with van der Waals surface area (Å²) >= 11 is 0. The van der Waals surface area contributed by atoms with Crippen molar-refractivity contribution in [3.8, 4) is 0 Å². The maximum absolute atomic E-state index is 11.4. The molecule has 6 nitrogen and oxygen atoms in total. The molecule has 4 N–H and O–H groups in total. The van der Waals surface area contributed by atoms with Gasteiger partial charge < -0.3 is 5.73 Å². The van der Waals surface area contributed by atoms with Crippen molar-refractivity contribution >= 4 is 11.9 Å². The maximum Gasteiger partial charge on any atom is 0.318 e. The number of amides is 3. The summed E-state index contributed by atoms with van der Waals surface area (Å²) in [5, 5.41) is 5.08. The Hall–Kier alpha value is -1.95. The largest absolute Gasteiger partial charge is 0.351 e. The third kappa shape index (κ3) is 4.20. The summed E-state index contributed by atoms with van der Waals surface area (Å²) in [4.78, 5) is 25.9. The maximum atomic E-state index is 11.4. The zero-order chi connectivity index (χ0) is 12.8. The van der Waals surface area contributed by atoms with Crippen molar-refractivity contribution < 1.29 is 9.59 Å². The Morgan fingerprint density at radius 3 is 2.41 bits per heavy atom. The van der Waals surface area contributed by atoms with Gasteiger partial charge in [0.1, 0.15) is 0 Å². The second kappa shape index (κ2) is 5.95. The molecule has 0 aliphatic rings. The number of nitrogens with zero attached hydrogens (tertiary/aromatic N) is 1. The second-order valence-corrected chi connectivity index (χ2v) is 3.74. The van der Waals surface area contributed by atoms with Crippen molar-refractivity contribution in [3.05, 3.63) is 30.1 Å². The molecule has 1 rings (SSSR count). The van der Waals surface area contributed by atoms with Crippen LogP contribution in [0.3, 0.4) is 0 Å². The minimum absolute atomic E-state index is 0.0216. The normalized spacial score (nSPS) is 13.8. The molecule has 0 radical (unpaired) electrons. The third-order valence-corrected chi connectivity index (χ3v) is 2.35. The first-order valence-electron chi connectivity index (χ1n) is 5.27. The Morgan fingerprint density at radius 1 is 1.29 bits per heavy atom. The molecule has 0 saturated carbocycles. The Labute approximate surface area is 99.6 Å². The van der Waals surface area contributed by atoms with Gasteiger partial charge in [0.05, 0.1) is 6.04 Å². The molecular weight excluding hydrogens is 220 g/mol. The van der Waals surface area contributed by atoms with Crippen LogP contribution in [0, 0.1) is 0 Å². The fourth-order valence-electron chi connectivity index (χ4n) is 1.43. The molecular formula is C11H16N4O2. The predicted octanol–water partition coefficient (Wildman–Crippen LogP) is 0.316. The molecule has 0 fully saturated rings. The number of hydrogen-bond donors (Lipinski definition) is 3. The molecule has 0 aliphatic carbocycles. The van der Waals surface area contributed by atoms with Gasteiger partial charge in [0.15, 0.2) is 0 Å². The van der Waals surface area contributed by atoms with E-state index in [1.165, 1.54) is 0 Å². The van der Waals surface area contributed by atoms with Crippen LogP contribution >= 0.6 is 0 Å². The Balaban J connectivity index is 2.54. The van der Waals surface area contributed by atoms with Crippen molar-refractivity contribution in [2.24, 2.45) is 5.73 Å². The lowest BCUT2D eigenvalue weighted by molar-refractivity contribution is -0.121. The quantitative estimate of drug-likeness (QED) is 0.701. The van der Waals surface area contributed by atoms with E-state index < -0.39 is 18.0 Å². The van der Waals surface area contributed by atoms with E-state index in [-0.39, 0.29) is 6.04 Å². The van der Waals surface area contributed by atoms with Crippen molar-refractivity contribution in [2.45, 2.75) is 25.9 Å². The number of pyridine rings is 1. The van der Waals surface area contributed by atoms with Crippen molar-refractivity contribution in [2.75, 3.05) is 0 Å².